The number of hydrogen-bond acceptors (Lipinski definition) is 5. The van der Waals surface area contributed by atoms with Crippen LogP contribution in [0.1, 0.15) is 72.1 Å². The largest absolute Gasteiger partial charge is 0.478 e. The minimum absolute atomic E-state index is 0.0748. The lowest BCUT2D eigenvalue weighted by Gasteiger charge is -2.15. The van der Waals surface area contributed by atoms with Crippen LogP contribution in [0.3, 0.4) is 0 Å². The van der Waals surface area contributed by atoms with Crippen molar-refractivity contribution in [3.63, 3.8) is 0 Å². The van der Waals surface area contributed by atoms with E-state index < -0.39 is 29.9 Å². The summed E-state index contributed by atoms with van der Waals surface area (Å²) < 4.78 is 10.4. The van der Waals surface area contributed by atoms with E-state index in [0.717, 1.165) is 25.7 Å². The number of hydrogen-bond donors (Lipinski definition) is 2. The van der Waals surface area contributed by atoms with Crippen LogP contribution in [0.4, 0.5) is 0 Å². The van der Waals surface area contributed by atoms with Gasteiger partial charge in [-0.05, 0) is 38.5 Å². The third-order valence-corrected chi connectivity index (χ3v) is 4.39. The highest BCUT2D eigenvalue weighted by Crippen LogP contribution is 2.19. The Morgan fingerprint density at radius 3 is 2.11 bits per heavy atom. The zero-order valence-corrected chi connectivity index (χ0v) is 16.8. The number of carboxylic acid groups (broad SMARTS) is 2. The van der Waals surface area contributed by atoms with Gasteiger partial charge in [0.15, 0.2) is 0 Å². The molecule has 0 aliphatic rings. The first kappa shape index (κ1) is 25.1. The highest BCUT2D eigenvalue weighted by molar-refractivity contribution is 6.01. The van der Waals surface area contributed by atoms with E-state index in [0.29, 0.717) is 26.1 Å². The second-order valence-electron chi connectivity index (χ2n) is 6.50. The monoisotopic (exact) mass is 386 g/mol. The standard InChI is InChI=1S/C20H34O7/c1-4-7-10-15(5-2)14-27-18(21)13-17(20(24)25)16(19(22)23)11-8-9-12-26-6-3/h15H,4-14H2,1-3H3,(H,22,23)(H,24,25)/b17-16+. The molecule has 27 heavy (non-hydrogen) atoms. The van der Waals surface area contributed by atoms with E-state index in [4.69, 9.17) is 9.47 Å². The van der Waals surface area contributed by atoms with E-state index in [1.807, 2.05) is 13.8 Å². The van der Waals surface area contributed by atoms with Gasteiger partial charge in [0, 0.05) is 18.8 Å². The average molecular weight is 386 g/mol. The Balaban J connectivity index is 4.87. The van der Waals surface area contributed by atoms with Crippen molar-refractivity contribution in [2.24, 2.45) is 5.92 Å². The van der Waals surface area contributed by atoms with Crippen molar-refractivity contribution in [3.8, 4) is 0 Å². The Morgan fingerprint density at radius 1 is 0.926 bits per heavy atom. The molecule has 0 aliphatic carbocycles. The first-order valence-corrected chi connectivity index (χ1v) is 9.79. The molecule has 0 fully saturated rings. The molecule has 7 nitrogen and oxygen atoms in total. The fourth-order valence-corrected chi connectivity index (χ4v) is 2.65. The van der Waals surface area contributed by atoms with Crippen LogP contribution in [-0.2, 0) is 23.9 Å². The number of unbranched alkanes of at least 4 members (excludes halogenated alkanes) is 2. The minimum atomic E-state index is -1.40. The van der Waals surface area contributed by atoms with Gasteiger partial charge in [0.2, 0.25) is 0 Å². The molecule has 0 amide bonds. The van der Waals surface area contributed by atoms with E-state index in [2.05, 4.69) is 6.92 Å². The average Bonchev–Trinajstić information content (AvgIpc) is 2.63. The van der Waals surface area contributed by atoms with Gasteiger partial charge in [-0.25, -0.2) is 9.59 Å². The normalized spacial score (nSPS) is 13.0. The van der Waals surface area contributed by atoms with Crippen LogP contribution in [-0.4, -0.2) is 47.9 Å². The van der Waals surface area contributed by atoms with Gasteiger partial charge in [-0.1, -0.05) is 33.1 Å². The SMILES string of the molecule is CCCCC(CC)COC(=O)C/C(C(=O)O)=C(/CCCCOCC)C(=O)O. The Labute approximate surface area is 161 Å². The molecule has 2 N–H and O–H groups in total. The number of carbonyl (C=O) groups is 3. The van der Waals surface area contributed by atoms with Gasteiger partial charge in [-0.15, -0.1) is 0 Å². The smallest absolute Gasteiger partial charge is 0.332 e. The Kier molecular flexibility index (Phi) is 14.1. The summed E-state index contributed by atoms with van der Waals surface area (Å²) in [6.07, 6.45) is 4.55. The Bertz CT molecular complexity index is 497. The Morgan fingerprint density at radius 2 is 1.59 bits per heavy atom. The van der Waals surface area contributed by atoms with E-state index in [1.165, 1.54) is 0 Å². The van der Waals surface area contributed by atoms with Gasteiger partial charge >= 0.3 is 17.9 Å². The molecule has 0 heterocycles. The van der Waals surface area contributed by atoms with Crippen LogP contribution in [0, 0.1) is 5.92 Å². The molecule has 156 valence electrons. The minimum Gasteiger partial charge on any atom is -0.478 e. The number of rotatable bonds is 16. The molecule has 0 spiro atoms. The van der Waals surface area contributed by atoms with Gasteiger partial charge in [0.05, 0.1) is 18.6 Å². The van der Waals surface area contributed by atoms with Crippen LogP contribution in [0.5, 0.6) is 0 Å². The summed E-state index contributed by atoms with van der Waals surface area (Å²) in [5, 5.41) is 18.7. The van der Waals surface area contributed by atoms with E-state index in [1.54, 1.807) is 0 Å². The fraction of sp³-hybridized carbons (Fsp3) is 0.750. The van der Waals surface area contributed by atoms with Crippen LogP contribution >= 0.6 is 0 Å². The number of ether oxygens (including phenoxy) is 2. The molecule has 0 saturated carbocycles. The number of carbonyl (C=O) groups excluding carboxylic acids is 1. The quantitative estimate of drug-likeness (QED) is 0.236. The molecule has 1 unspecified atom stereocenters. The second-order valence-corrected chi connectivity index (χ2v) is 6.50. The summed E-state index contributed by atoms with van der Waals surface area (Å²) >= 11 is 0. The maximum Gasteiger partial charge on any atom is 0.332 e. The predicted molar refractivity (Wildman–Crippen MR) is 102 cm³/mol. The van der Waals surface area contributed by atoms with Crippen LogP contribution in [0.2, 0.25) is 0 Å². The summed E-state index contributed by atoms with van der Waals surface area (Å²) in [5.41, 5.74) is -0.639. The number of aliphatic carboxylic acids is 2. The van der Waals surface area contributed by atoms with Crippen molar-refractivity contribution < 1.29 is 34.1 Å². The highest BCUT2D eigenvalue weighted by Gasteiger charge is 2.23. The van der Waals surface area contributed by atoms with Crippen molar-refractivity contribution in [1.29, 1.82) is 0 Å². The van der Waals surface area contributed by atoms with Gasteiger partial charge in [0.25, 0.3) is 0 Å². The van der Waals surface area contributed by atoms with Crippen molar-refractivity contribution in [2.75, 3.05) is 19.8 Å². The first-order valence-electron chi connectivity index (χ1n) is 9.79. The summed E-state index contributed by atoms with van der Waals surface area (Å²) in [5.74, 6) is -3.17. The molecule has 0 bridgehead atoms. The lowest BCUT2D eigenvalue weighted by molar-refractivity contribution is -0.146. The van der Waals surface area contributed by atoms with E-state index in [9.17, 15) is 24.6 Å². The molecule has 0 rings (SSSR count). The van der Waals surface area contributed by atoms with E-state index in [-0.39, 0.29) is 24.5 Å². The number of esters is 1. The zero-order chi connectivity index (χ0) is 20.7. The topological polar surface area (TPSA) is 110 Å². The van der Waals surface area contributed by atoms with Gasteiger partial charge < -0.3 is 19.7 Å². The van der Waals surface area contributed by atoms with Crippen LogP contribution < -0.4 is 0 Å². The molecule has 0 aromatic rings. The molecular formula is C20H34O7. The van der Waals surface area contributed by atoms with Crippen molar-refractivity contribution in [1.82, 2.24) is 0 Å². The maximum absolute atomic E-state index is 12.1. The molecule has 7 heteroatoms. The van der Waals surface area contributed by atoms with E-state index >= 15 is 0 Å². The molecule has 0 aliphatic heterocycles. The van der Waals surface area contributed by atoms with Gasteiger partial charge in [0.1, 0.15) is 0 Å². The van der Waals surface area contributed by atoms with Gasteiger partial charge in [-0.2, -0.15) is 0 Å². The zero-order valence-electron chi connectivity index (χ0n) is 16.8. The molecular weight excluding hydrogens is 352 g/mol. The van der Waals surface area contributed by atoms with Crippen molar-refractivity contribution in [2.45, 2.75) is 72.1 Å². The Hall–Kier alpha value is -1.89. The maximum atomic E-state index is 12.1. The highest BCUT2D eigenvalue weighted by atomic mass is 16.5. The van der Waals surface area contributed by atoms with Gasteiger partial charge in [-0.3, -0.25) is 4.79 Å². The summed E-state index contributed by atoms with van der Waals surface area (Å²) in [7, 11) is 0. The molecule has 0 aromatic heterocycles. The molecule has 0 saturated heterocycles. The number of carboxylic acids is 2. The molecule has 1 atom stereocenters. The molecule has 0 radical (unpaired) electrons. The fourth-order valence-electron chi connectivity index (χ4n) is 2.65. The molecule has 0 aromatic carbocycles. The van der Waals surface area contributed by atoms with Crippen LogP contribution in [0.15, 0.2) is 11.1 Å². The lowest BCUT2D eigenvalue weighted by atomic mass is 9.99. The summed E-state index contributed by atoms with van der Waals surface area (Å²) in [4.78, 5) is 35.0. The lowest BCUT2D eigenvalue weighted by Crippen LogP contribution is -2.19. The van der Waals surface area contributed by atoms with Crippen LogP contribution in [0.25, 0.3) is 0 Å². The van der Waals surface area contributed by atoms with Crippen molar-refractivity contribution in [3.05, 3.63) is 11.1 Å². The van der Waals surface area contributed by atoms with Crippen molar-refractivity contribution >= 4 is 17.9 Å². The predicted octanol–water partition coefficient (Wildman–Crippen LogP) is 3.81. The third-order valence-electron chi connectivity index (χ3n) is 4.39. The second kappa shape index (κ2) is 15.2. The third kappa shape index (κ3) is 11.4. The summed E-state index contributed by atoms with van der Waals surface area (Å²) in [6.45, 7) is 7.27. The first-order chi connectivity index (χ1) is 12.9. The summed E-state index contributed by atoms with van der Waals surface area (Å²) in [6, 6.07) is 0.